The predicted molar refractivity (Wildman–Crippen MR) is 79.1 cm³/mol. The number of ether oxygens (including phenoxy) is 1. The van der Waals surface area contributed by atoms with Crippen LogP contribution in [0.5, 0.6) is 5.88 Å². The number of benzene rings is 1. The summed E-state index contributed by atoms with van der Waals surface area (Å²) in [7, 11) is 0. The maximum atomic E-state index is 5.40. The van der Waals surface area contributed by atoms with Crippen LogP contribution in [-0.2, 0) is 12.8 Å². The standard InChI is InChI=1S/C16H19N3O/c1-2-20-15-9-10-17-16(19-15)18-14-8-7-12-5-3-4-6-13(12)11-14/h3-6,9-10,14H,2,7-8,11H2,1H3,(H,17,18,19). The van der Waals surface area contributed by atoms with Gasteiger partial charge in [0.05, 0.1) is 6.61 Å². The molecule has 1 aliphatic carbocycles. The molecule has 0 aliphatic heterocycles. The van der Waals surface area contributed by atoms with Gasteiger partial charge in [-0.05, 0) is 37.3 Å². The molecule has 2 aromatic rings. The summed E-state index contributed by atoms with van der Waals surface area (Å²) in [6, 6.07) is 10.8. The zero-order valence-electron chi connectivity index (χ0n) is 11.7. The van der Waals surface area contributed by atoms with Crippen molar-refractivity contribution in [2.24, 2.45) is 0 Å². The third-order valence-electron chi connectivity index (χ3n) is 3.60. The number of hydrogen-bond donors (Lipinski definition) is 1. The average molecular weight is 269 g/mol. The van der Waals surface area contributed by atoms with E-state index in [2.05, 4.69) is 39.6 Å². The lowest BCUT2D eigenvalue weighted by Gasteiger charge is -2.25. The molecule has 1 N–H and O–H groups in total. The minimum atomic E-state index is 0.391. The fourth-order valence-corrected chi connectivity index (χ4v) is 2.64. The quantitative estimate of drug-likeness (QED) is 0.927. The van der Waals surface area contributed by atoms with Crippen molar-refractivity contribution >= 4 is 5.95 Å². The summed E-state index contributed by atoms with van der Waals surface area (Å²) >= 11 is 0. The summed E-state index contributed by atoms with van der Waals surface area (Å²) in [6.45, 7) is 2.57. The normalized spacial score (nSPS) is 17.4. The minimum absolute atomic E-state index is 0.391. The maximum absolute atomic E-state index is 5.40. The van der Waals surface area contributed by atoms with Crippen molar-refractivity contribution in [1.29, 1.82) is 0 Å². The molecular formula is C16H19N3O. The first-order valence-electron chi connectivity index (χ1n) is 7.14. The van der Waals surface area contributed by atoms with Gasteiger partial charge < -0.3 is 10.1 Å². The van der Waals surface area contributed by atoms with E-state index < -0.39 is 0 Å². The van der Waals surface area contributed by atoms with Gasteiger partial charge in [0, 0.05) is 18.3 Å². The van der Waals surface area contributed by atoms with Crippen LogP contribution in [0.2, 0.25) is 0 Å². The number of nitrogens with one attached hydrogen (secondary N) is 1. The van der Waals surface area contributed by atoms with Gasteiger partial charge in [0.15, 0.2) is 0 Å². The van der Waals surface area contributed by atoms with Crippen LogP contribution in [0.4, 0.5) is 5.95 Å². The molecular weight excluding hydrogens is 250 g/mol. The van der Waals surface area contributed by atoms with E-state index in [0.717, 1.165) is 19.3 Å². The lowest BCUT2D eigenvalue weighted by Crippen LogP contribution is -2.28. The molecule has 0 amide bonds. The highest BCUT2D eigenvalue weighted by Gasteiger charge is 2.18. The van der Waals surface area contributed by atoms with Gasteiger partial charge in [0.25, 0.3) is 0 Å². The van der Waals surface area contributed by atoms with E-state index in [0.29, 0.717) is 24.5 Å². The van der Waals surface area contributed by atoms with E-state index in [1.165, 1.54) is 11.1 Å². The lowest BCUT2D eigenvalue weighted by molar-refractivity contribution is 0.326. The van der Waals surface area contributed by atoms with Gasteiger partial charge in [-0.2, -0.15) is 4.98 Å². The number of fused-ring (bicyclic) bond motifs is 1. The number of aromatic nitrogens is 2. The molecule has 0 spiro atoms. The van der Waals surface area contributed by atoms with Gasteiger partial charge >= 0.3 is 0 Å². The van der Waals surface area contributed by atoms with Crippen LogP contribution in [0, 0.1) is 0 Å². The van der Waals surface area contributed by atoms with Crippen LogP contribution in [0.25, 0.3) is 0 Å². The van der Waals surface area contributed by atoms with E-state index in [4.69, 9.17) is 4.74 Å². The summed E-state index contributed by atoms with van der Waals surface area (Å²) in [5.41, 5.74) is 2.90. The highest BCUT2D eigenvalue weighted by atomic mass is 16.5. The molecule has 0 bridgehead atoms. The zero-order chi connectivity index (χ0) is 13.8. The predicted octanol–water partition coefficient (Wildman–Crippen LogP) is 2.84. The van der Waals surface area contributed by atoms with Crippen molar-refractivity contribution in [2.45, 2.75) is 32.2 Å². The number of hydrogen-bond acceptors (Lipinski definition) is 4. The molecule has 1 atom stereocenters. The van der Waals surface area contributed by atoms with Gasteiger partial charge in [-0.1, -0.05) is 24.3 Å². The monoisotopic (exact) mass is 269 g/mol. The van der Waals surface area contributed by atoms with Crippen molar-refractivity contribution in [3.63, 3.8) is 0 Å². The van der Waals surface area contributed by atoms with E-state index >= 15 is 0 Å². The van der Waals surface area contributed by atoms with Gasteiger partial charge in [0.2, 0.25) is 11.8 Å². The van der Waals surface area contributed by atoms with E-state index in [1.54, 1.807) is 12.3 Å². The Hall–Kier alpha value is -2.10. The topological polar surface area (TPSA) is 47.0 Å². The summed E-state index contributed by atoms with van der Waals surface area (Å²) < 4.78 is 5.40. The second kappa shape index (κ2) is 5.90. The van der Waals surface area contributed by atoms with Crippen LogP contribution in [0.3, 0.4) is 0 Å². The molecule has 0 fully saturated rings. The Kier molecular flexibility index (Phi) is 3.81. The average Bonchev–Trinajstić information content (AvgIpc) is 2.48. The number of rotatable bonds is 4. The fourth-order valence-electron chi connectivity index (χ4n) is 2.64. The molecule has 0 radical (unpaired) electrons. The Morgan fingerprint density at radius 1 is 1.25 bits per heavy atom. The minimum Gasteiger partial charge on any atom is -0.478 e. The molecule has 1 aromatic heterocycles. The summed E-state index contributed by atoms with van der Waals surface area (Å²) in [5, 5.41) is 3.42. The Bertz CT molecular complexity index is 585. The third-order valence-corrected chi connectivity index (χ3v) is 3.60. The Morgan fingerprint density at radius 2 is 2.10 bits per heavy atom. The third kappa shape index (κ3) is 2.90. The highest BCUT2D eigenvalue weighted by molar-refractivity contribution is 5.35. The molecule has 1 heterocycles. The van der Waals surface area contributed by atoms with Crippen molar-refractivity contribution in [3.8, 4) is 5.88 Å². The SMILES string of the molecule is CCOc1ccnc(NC2CCc3ccccc3C2)n1. The van der Waals surface area contributed by atoms with Gasteiger partial charge in [-0.15, -0.1) is 0 Å². The molecule has 4 heteroatoms. The van der Waals surface area contributed by atoms with Gasteiger partial charge in [0.1, 0.15) is 0 Å². The first-order valence-corrected chi connectivity index (χ1v) is 7.14. The van der Waals surface area contributed by atoms with E-state index in [1.807, 2.05) is 6.92 Å². The second-order valence-electron chi connectivity index (χ2n) is 5.00. The summed E-state index contributed by atoms with van der Waals surface area (Å²) in [6.07, 6.45) is 4.98. The molecule has 4 nitrogen and oxygen atoms in total. The molecule has 1 unspecified atom stereocenters. The first kappa shape index (κ1) is 12.9. The van der Waals surface area contributed by atoms with Crippen molar-refractivity contribution in [3.05, 3.63) is 47.7 Å². The smallest absolute Gasteiger partial charge is 0.226 e. The molecule has 0 saturated heterocycles. The second-order valence-corrected chi connectivity index (χ2v) is 5.00. The zero-order valence-corrected chi connectivity index (χ0v) is 11.7. The highest BCUT2D eigenvalue weighted by Crippen LogP contribution is 2.23. The van der Waals surface area contributed by atoms with Crippen LogP contribution < -0.4 is 10.1 Å². The number of anilines is 1. The Labute approximate surface area is 119 Å². The first-order chi connectivity index (χ1) is 9.85. The molecule has 3 rings (SSSR count). The van der Waals surface area contributed by atoms with Crippen LogP contribution >= 0.6 is 0 Å². The summed E-state index contributed by atoms with van der Waals surface area (Å²) in [4.78, 5) is 8.64. The molecule has 104 valence electrons. The van der Waals surface area contributed by atoms with Gasteiger partial charge in [-0.3, -0.25) is 0 Å². The molecule has 20 heavy (non-hydrogen) atoms. The Morgan fingerprint density at radius 3 is 2.95 bits per heavy atom. The van der Waals surface area contributed by atoms with Crippen molar-refractivity contribution in [2.75, 3.05) is 11.9 Å². The van der Waals surface area contributed by atoms with Crippen molar-refractivity contribution < 1.29 is 4.74 Å². The Balaban J connectivity index is 1.69. The molecule has 0 saturated carbocycles. The largest absolute Gasteiger partial charge is 0.478 e. The maximum Gasteiger partial charge on any atom is 0.226 e. The van der Waals surface area contributed by atoms with Crippen LogP contribution in [0.1, 0.15) is 24.5 Å². The van der Waals surface area contributed by atoms with Crippen molar-refractivity contribution in [1.82, 2.24) is 9.97 Å². The number of nitrogens with zero attached hydrogens (tertiary/aromatic N) is 2. The van der Waals surface area contributed by atoms with Crippen LogP contribution in [-0.4, -0.2) is 22.6 Å². The number of aryl methyl sites for hydroxylation is 1. The molecule has 1 aromatic carbocycles. The van der Waals surface area contributed by atoms with Crippen LogP contribution in [0.15, 0.2) is 36.5 Å². The van der Waals surface area contributed by atoms with E-state index in [9.17, 15) is 0 Å². The lowest BCUT2D eigenvalue weighted by atomic mass is 9.88. The summed E-state index contributed by atoms with van der Waals surface area (Å²) in [5.74, 6) is 1.28. The van der Waals surface area contributed by atoms with E-state index in [-0.39, 0.29) is 0 Å². The fraction of sp³-hybridized carbons (Fsp3) is 0.375. The van der Waals surface area contributed by atoms with Gasteiger partial charge in [-0.25, -0.2) is 4.98 Å². The molecule has 1 aliphatic rings.